The molecule has 0 bridgehead atoms. The maximum Gasteiger partial charge on any atom is 0.133 e. The van der Waals surface area contributed by atoms with Crippen molar-refractivity contribution >= 4 is 5.78 Å². The van der Waals surface area contributed by atoms with Crippen LogP contribution in [0.5, 0.6) is 0 Å². The van der Waals surface area contributed by atoms with E-state index in [0.717, 1.165) is 19.3 Å². The zero-order valence-corrected chi connectivity index (χ0v) is 9.94. The average Bonchev–Trinajstić information content (AvgIpc) is 2.03. The van der Waals surface area contributed by atoms with Crippen LogP contribution in [0.3, 0.4) is 0 Å². The van der Waals surface area contributed by atoms with E-state index in [-0.39, 0.29) is 5.41 Å². The van der Waals surface area contributed by atoms with Crippen molar-refractivity contribution < 1.29 is 4.79 Å². The van der Waals surface area contributed by atoms with Gasteiger partial charge in [-0.3, -0.25) is 4.79 Å². The molecule has 82 valence electrons. The molecule has 0 atom stereocenters. The third kappa shape index (κ3) is 6.88. The van der Waals surface area contributed by atoms with E-state index in [1.54, 1.807) is 0 Å². The molecule has 0 fully saturated rings. The van der Waals surface area contributed by atoms with Crippen molar-refractivity contribution in [3.8, 4) is 0 Å². The molecule has 1 nitrogen and oxygen atoms in total. The Morgan fingerprint density at radius 3 is 2.50 bits per heavy atom. The first kappa shape index (κ1) is 13.4. The van der Waals surface area contributed by atoms with Gasteiger partial charge in [-0.05, 0) is 18.3 Å². The van der Waals surface area contributed by atoms with E-state index in [1.165, 1.54) is 12.8 Å². The lowest BCUT2D eigenvalue weighted by Crippen LogP contribution is -2.16. The van der Waals surface area contributed by atoms with Crippen molar-refractivity contribution in [2.24, 2.45) is 5.41 Å². The number of carbonyl (C=O) groups excluding carboxylic acids is 1. The van der Waals surface area contributed by atoms with Gasteiger partial charge in [0, 0.05) is 12.8 Å². The molecule has 0 N–H and O–H groups in total. The first-order valence-electron chi connectivity index (χ1n) is 5.64. The normalized spacial score (nSPS) is 11.4. The summed E-state index contributed by atoms with van der Waals surface area (Å²) in [5, 5.41) is 0. The minimum Gasteiger partial charge on any atom is -0.300 e. The van der Waals surface area contributed by atoms with Gasteiger partial charge in [-0.25, -0.2) is 0 Å². The van der Waals surface area contributed by atoms with Crippen molar-refractivity contribution in [1.29, 1.82) is 0 Å². The molecule has 0 aromatic heterocycles. The van der Waals surface area contributed by atoms with Gasteiger partial charge in [-0.15, -0.1) is 6.58 Å². The Kier molecular flexibility index (Phi) is 6.52. The minimum atomic E-state index is 0.102. The molecule has 0 spiro atoms. The number of unbranched alkanes of at least 4 members (excludes halogenated alkanes) is 2. The number of Topliss-reactive ketones (excluding diaryl/α,β-unsaturated/α-hetero) is 1. The number of rotatable bonds is 8. The monoisotopic (exact) mass is 196 g/mol. The van der Waals surface area contributed by atoms with E-state index in [0.29, 0.717) is 12.2 Å². The van der Waals surface area contributed by atoms with Gasteiger partial charge in [0.2, 0.25) is 0 Å². The molecule has 1 heteroatoms. The summed E-state index contributed by atoms with van der Waals surface area (Å²) in [7, 11) is 0. The summed E-state index contributed by atoms with van der Waals surface area (Å²) < 4.78 is 0. The minimum absolute atomic E-state index is 0.102. The first-order chi connectivity index (χ1) is 6.52. The van der Waals surface area contributed by atoms with Crippen LogP contribution < -0.4 is 0 Å². The fourth-order valence-corrected chi connectivity index (χ4v) is 1.66. The maximum atomic E-state index is 11.6. The molecule has 0 amide bonds. The average molecular weight is 196 g/mol. The smallest absolute Gasteiger partial charge is 0.133 e. The van der Waals surface area contributed by atoms with Crippen LogP contribution in [-0.2, 0) is 4.79 Å². The zero-order valence-electron chi connectivity index (χ0n) is 9.94. The molecule has 0 aromatic rings. The van der Waals surface area contributed by atoms with E-state index >= 15 is 0 Å². The highest BCUT2D eigenvalue weighted by atomic mass is 16.1. The second kappa shape index (κ2) is 6.80. The van der Waals surface area contributed by atoms with Gasteiger partial charge in [0.25, 0.3) is 0 Å². The lowest BCUT2D eigenvalue weighted by molar-refractivity contribution is -0.121. The van der Waals surface area contributed by atoms with Crippen LogP contribution in [0.4, 0.5) is 0 Å². The molecule has 0 saturated heterocycles. The molecule has 0 aromatic carbocycles. The summed E-state index contributed by atoms with van der Waals surface area (Å²) >= 11 is 0. The van der Waals surface area contributed by atoms with Crippen molar-refractivity contribution in [3.05, 3.63) is 12.7 Å². The SMILES string of the molecule is C=CCC(C)(C)CC(=O)CCCCC. The van der Waals surface area contributed by atoms with Crippen LogP contribution in [0.25, 0.3) is 0 Å². The fraction of sp³-hybridized carbons (Fsp3) is 0.769. The standard InChI is InChI=1S/C13H24O/c1-5-7-8-9-12(14)11-13(3,4)10-6-2/h6H,2,5,7-11H2,1,3-4H3. The van der Waals surface area contributed by atoms with Crippen molar-refractivity contribution in [3.63, 3.8) is 0 Å². The number of hydrogen-bond donors (Lipinski definition) is 0. The number of ketones is 1. The van der Waals surface area contributed by atoms with Gasteiger partial charge in [-0.1, -0.05) is 39.7 Å². The van der Waals surface area contributed by atoms with Crippen LogP contribution in [0.1, 0.15) is 59.3 Å². The number of hydrogen-bond acceptors (Lipinski definition) is 1. The summed E-state index contributed by atoms with van der Waals surface area (Å²) in [6.07, 6.45) is 7.69. The van der Waals surface area contributed by atoms with Crippen molar-refractivity contribution in [1.82, 2.24) is 0 Å². The van der Waals surface area contributed by atoms with E-state index in [2.05, 4.69) is 27.4 Å². The molecule has 14 heavy (non-hydrogen) atoms. The topological polar surface area (TPSA) is 17.1 Å². The summed E-state index contributed by atoms with van der Waals surface area (Å²) in [5.74, 6) is 0.408. The predicted octanol–water partition coefficient (Wildman–Crippen LogP) is 4.13. The molecule has 0 aliphatic rings. The molecule has 0 rings (SSSR count). The lowest BCUT2D eigenvalue weighted by atomic mass is 9.83. The Balaban J connectivity index is 3.75. The quantitative estimate of drug-likeness (QED) is 0.421. The lowest BCUT2D eigenvalue weighted by Gasteiger charge is -2.21. The van der Waals surface area contributed by atoms with Gasteiger partial charge in [-0.2, -0.15) is 0 Å². The van der Waals surface area contributed by atoms with Crippen molar-refractivity contribution in [2.75, 3.05) is 0 Å². The molecular weight excluding hydrogens is 172 g/mol. The van der Waals surface area contributed by atoms with E-state index in [9.17, 15) is 4.79 Å². The van der Waals surface area contributed by atoms with Gasteiger partial charge in [0.1, 0.15) is 5.78 Å². The Morgan fingerprint density at radius 1 is 1.36 bits per heavy atom. The van der Waals surface area contributed by atoms with Gasteiger partial charge >= 0.3 is 0 Å². The summed E-state index contributed by atoms with van der Waals surface area (Å²) in [6.45, 7) is 10.1. The molecule has 0 saturated carbocycles. The van der Waals surface area contributed by atoms with Crippen LogP contribution in [0, 0.1) is 5.41 Å². The number of allylic oxidation sites excluding steroid dienone is 1. The Bertz CT molecular complexity index is 180. The molecular formula is C13H24O. The number of carbonyl (C=O) groups is 1. The van der Waals surface area contributed by atoms with Gasteiger partial charge < -0.3 is 0 Å². The van der Waals surface area contributed by atoms with Crippen LogP contribution in [0.15, 0.2) is 12.7 Å². The fourth-order valence-electron chi connectivity index (χ4n) is 1.66. The molecule has 0 radical (unpaired) electrons. The summed E-state index contributed by atoms with van der Waals surface area (Å²) in [4.78, 5) is 11.6. The van der Waals surface area contributed by atoms with Gasteiger partial charge in [0.15, 0.2) is 0 Å². The van der Waals surface area contributed by atoms with Crippen molar-refractivity contribution in [2.45, 2.75) is 59.3 Å². The Morgan fingerprint density at radius 2 is 2.00 bits per heavy atom. The highest BCUT2D eigenvalue weighted by Gasteiger charge is 2.19. The molecule has 0 aliphatic heterocycles. The first-order valence-corrected chi connectivity index (χ1v) is 5.64. The molecule has 0 aliphatic carbocycles. The molecule has 0 unspecified atom stereocenters. The second-order valence-electron chi connectivity index (χ2n) is 4.83. The predicted molar refractivity (Wildman–Crippen MR) is 62.4 cm³/mol. The molecule has 0 heterocycles. The third-order valence-electron chi connectivity index (χ3n) is 2.43. The highest BCUT2D eigenvalue weighted by Crippen LogP contribution is 2.26. The van der Waals surface area contributed by atoms with E-state index in [4.69, 9.17) is 0 Å². The van der Waals surface area contributed by atoms with Crippen LogP contribution >= 0.6 is 0 Å². The van der Waals surface area contributed by atoms with Gasteiger partial charge in [0.05, 0.1) is 0 Å². The third-order valence-corrected chi connectivity index (χ3v) is 2.43. The Labute approximate surface area is 88.6 Å². The second-order valence-corrected chi connectivity index (χ2v) is 4.83. The summed E-state index contributed by atoms with van der Waals surface area (Å²) in [5.41, 5.74) is 0.102. The highest BCUT2D eigenvalue weighted by molar-refractivity contribution is 5.78. The zero-order chi connectivity index (χ0) is 11.0. The maximum absolute atomic E-state index is 11.6. The largest absolute Gasteiger partial charge is 0.300 e. The van der Waals surface area contributed by atoms with E-state index < -0.39 is 0 Å². The van der Waals surface area contributed by atoms with E-state index in [1.807, 2.05) is 6.08 Å². The Hall–Kier alpha value is -0.590. The summed E-state index contributed by atoms with van der Waals surface area (Å²) in [6, 6.07) is 0. The van der Waals surface area contributed by atoms with Crippen LogP contribution in [0.2, 0.25) is 0 Å². The van der Waals surface area contributed by atoms with Crippen LogP contribution in [-0.4, -0.2) is 5.78 Å².